The Bertz CT molecular complexity index is 1050. The second-order valence-electron chi connectivity index (χ2n) is 6.95. The average molecular weight is 425 g/mol. The van der Waals surface area contributed by atoms with Gasteiger partial charge in [-0.3, -0.25) is 9.69 Å². The molecule has 0 N–H and O–H groups in total. The maximum absolute atomic E-state index is 13.3. The van der Waals surface area contributed by atoms with E-state index in [1.807, 2.05) is 11.0 Å². The lowest BCUT2D eigenvalue weighted by Gasteiger charge is -2.42. The molecule has 0 radical (unpaired) electrons. The molecular formula is C22H20FN3O3S. The van der Waals surface area contributed by atoms with Gasteiger partial charge in [-0.25, -0.2) is 4.39 Å². The second kappa shape index (κ2) is 8.28. The molecule has 1 amide bonds. The highest BCUT2D eigenvalue weighted by Gasteiger charge is 2.39. The summed E-state index contributed by atoms with van der Waals surface area (Å²) in [6, 6.07) is 13.9. The van der Waals surface area contributed by atoms with Gasteiger partial charge >= 0.3 is 0 Å². The van der Waals surface area contributed by atoms with E-state index in [-0.39, 0.29) is 18.1 Å². The molecule has 1 saturated heterocycles. The molecule has 0 spiro atoms. The lowest BCUT2D eigenvalue weighted by atomic mass is 9.86. The zero-order valence-electron chi connectivity index (χ0n) is 16.6. The number of nitrogens with zero attached hydrogens (tertiary/aromatic N) is 3. The summed E-state index contributed by atoms with van der Waals surface area (Å²) < 4.78 is 24.1. The Morgan fingerprint density at radius 1 is 1.17 bits per heavy atom. The van der Waals surface area contributed by atoms with Crippen LogP contribution in [0.5, 0.6) is 11.5 Å². The minimum absolute atomic E-state index is 0.0711. The molecule has 30 heavy (non-hydrogen) atoms. The molecule has 2 aliphatic rings. The highest BCUT2D eigenvalue weighted by molar-refractivity contribution is 8.03. The van der Waals surface area contributed by atoms with Gasteiger partial charge in [-0.05, 0) is 42.5 Å². The van der Waals surface area contributed by atoms with Crippen LogP contribution in [-0.2, 0) is 4.79 Å². The number of anilines is 1. The molecule has 4 rings (SSSR count). The molecule has 0 aliphatic carbocycles. The number of halogens is 1. The van der Waals surface area contributed by atoms with Crippen molar-refractivity contribution in [3.63, 3.8) is 0 Å². The van der Waals surface area contributed by atoms with Crippen LogP contribution in [0.3, 0.4) is 0 Å². The van der Waals surface area contributed by atoms with E-state index in [2.05, 4.69) is 6.07 Å². The fourth-order valence-electron chi connectivity index (χ4n) is 3.75. The fraction of sp³-hybridized carbons (Fsp3) is 0.273. The van der Waals surface area contributed by atoms with Crippen molar-refractivity contribution in [2.75, 3.05) is 31.7 Å². The van der Waals surface area contributed by atoms with E-state index in [1.165, 1.54) is 23.9 Å². The first kappa shape index (κ1) is 20.1. The monoisotopic (exact) mass is 425 g/mol. The van der Waals surface area contributed by atoms with Crippen LogP contribution >= 0.6 is 11.8 Å². The van der Waals surface area contributed by atoms with E-state index in [1.54, 1.807) is 43.4 Å². The minimum Gasteiger partial charge on any atom is -0.497 e. The first-order chi connectivity index (χ1) is 14.5. The largest absolute Gasteiger partial charge is 0.497 e. The zero-order valence-corrected chi connectivity index (χ0v) is 17.4. The van der Waals surface area contributed by atoms with Crippen molar-refractivity contribution in [3.8, 4) is 17.6 Å². The van der Waals surface area contributed by atoms with Crippen LogP contribution in [0.25, 0.3) is 0 Å². The van der Waals surface area contributed by atoms with Crippen LogP contribution in [0.15, 0.2) is 53.1 Å². The Kier molecular flexibility index (Phi) is 5.55. The predicted molar refractivity (Wildman–Crippen MR) is 113 cm³/mol. The normalized spacial score (nSPS) is 18.7. The van der Waals surface area contributed by atoms with Crippen LogP contribution in [-0.4, -0.2) is 37.6 Å². The summed E-state index contributed by atoms with van der Waals surface area (Å²) in [6.45, 7) is 0.319. The van der Waals surface area contributed by atoms with Crippen molar-refractivity contribution in [1.82, 2.24) is 4.90 Å². The summed E-state index contributed by atoms with van der Waals surface area (Å²) in [5.74, 6) is 1.03. The summed E-state index contributed by atoms with van der Waals surface area (Å²) in [7, 11) is 3.14. The number of nitriles is 1. The zero-order chi connectivity index (χ0) is 21.3. The van der Waals surface area contributed by atoms with Crippen molar-refractivity contribution >= 4 is 23.4 Å². The van der Waals surface area contributed by atoms with Gasteiger partial charge in [0.15, 0.2) is 0 Å². The van der Waals surface area contributed by atoms with Crippen LogP contribution in [0, 0.1) is 17.1 Å². The van der Waals surface area contributed by atoms with Crippen LogP contribution in [0.4, 0.5) is 10.1 Å². The van der Waals surface area contributed by atoms with Gasteiger partial charge in [-0.15, -0.1) is 0 Å². The lowest BCUT2D eigenvalue weighted by molar-refractivity contribution is -0.129. The fourth-order valence-corrected chi connectivity index (χ4v) is 4.92. The molecular weight excluding hydrogens is 405 g/mol. The lowest BCUT2D eigenvalue weighted by Crippen LogP contribution is -2.47. The smallest absolute Gasteiger partial charge is 0.229 e. The van der Waals surface area contributed by atoms with Gasteiger partial charge < -0.3 is 14.4 Å². The summed E-state index contributed by atoms with van der Waals surface area (Å²) in [5, 5.41) is 10.6. The summed E-state index contributed by atoms with van der Waals surface area (Å²) >= 11 is 1.43. The van der Waals surface area contributed by atoms with Gasteiger partial charge in [0, 0.05) is 23.6 Å². The van der Waals surface area contributed by atoms with Crippen LogP contribution in [0.1, 0.15) is 17.9 Å². The number of amides is 1. The number of ether oxygens (including phenoxy) is 2. The number of rotatable bonds is 4. The molecule has 0 aromatic heterocycles. The van der Waals surface area contributed by atoms with E-state index in [4.69, 9.17) is 9.47 Å². The molecule has 2 aromatic carbocycles. The molecule has 154 valence electrons. The number of carbonyl (C=O) groups excluding carboxylic acids is 1. The summed E-state index contributed by atoms with van der Waals surface area (Å²) in [5.41, 5.74) is 2.13. The molecule has 0 bridgehead atoms. The highest BCUT2D eigenvalue weighted by Crippen LogP contribution is 2.45. The third-order valence-electron chi connectivity index (χ3n) is 5.30. The van der Waals surface area contributed by atoms with Gasteiger partial charge in [0.2, 0.25) is 5.91 Å². The number of hydrogen-bond donors (Lipinski definition) is 0. The van der Waals surface area contributed by atoms with Gasteiger partial charge in [-0.2, -0.15) is 5.26 Å². The average Bonchev–Trinajstić information content (AvgIpc) is 2.79. The van der Waals surface area contributed by atoms with Gasteiger partial charge in [-0.1, -0.05) is 11.8 Å². The number of hydrogen-bond acceptors (Lipinski definition) is 6. The number of methoxy groups -OCH3 is 2. The molecule has 1 atom stereocenters. The first-order valence-electron chi connectivity index (χ1n) is 9.35. The number of allylic oxidation sites excluding steroid dienone is 1. The number of carbonyl (C=O) groups is 1. The maximum atomic E-state index is 13.3. The topological polar surface area (TPSA) is 65.8 Å². The molecule has 6 nitrogen and oxygen atoms in total. The third-order valence-corrected chi connectivity index (χ3v) is 6.45. The molecule has 2 heterocycles. The predicted octanol–water partition coefficient (Wildman–Crippen LogP) is 4.06. The van der Waals surface area contributed by atoms with E-state index in [0.29, 0.717) is 34.6 Å². The molecule has 2 aliphatic heterocycles. The van der Waals surface area contributed by atoms with Crippen molar-refractivity contribution < 1.29 is 18.7 Å². The quantitative estimate of drug-likeness (QED) is 0.736. The van der Waals surface area contributed by atoms with Crippen molar-refractivity contribution in [1.29, 1.82) is 5.26 Å². The molecule has 2 aromatic rings. The number of benzene rings is 2. The maximum Gasteiger partial charge on any atom is 0.229 e. The Labute approximate surface area is 178 Å². The standard InChI is InChI=1S/C22H20FN3O3S/c1-28-16-7-8-20(29-2)18(9-16)17-10-21(27)26-12-25(13-30-22(26)19(17)11-24)15-5-3-14(23)4-6-15/h3-9,17H,10,12-13H2,1-2H3/t17-/m1/s1. The van der Waals surface area contributed by atoms with Crippen LogP contribution < -0.4 is 14.4 Å². The highest BCUT2D eigenvalue weighted by atomic mass is 32.2. The van der Waals surface area contributed by atoms with Gasteiger partial charge in [0.05, 0.1) is 43.4 Å². The Hall–Kier alpha value is -3.18. The Balaban J connectivity index is 1.70. The van der Waals surface area contributed by atoms with Gasteiger partial charge in [0.25, 0.3) is 0 Å². The number of fused-ring (bicyclic) bond motifs is 1. The SMILES string of the molecule is COc1ccc(OC)c([C@H]2CC(=O)N3CN(c4ccc(F)cc4)CSC3=C2C#N)c1. The summed E-state index contributed by atoms with van der Waals surface area (Å²) in [4.78, 5) is 16.7. The third kappa shape index (κ3) is 3.57. The molecule has 0 unspecified atom stereocenters. The van der Waals surface area contributed by atoms with E-state index in [0.717, 1.165) is 11.3 Å². The molecule has 0 saturated carbocycles. The molecule has 1 fully saturated rings. The minimum atomic E-state index is -0.399. The summed E-state index contributed by atoms with van der Waals surface area (Å²) in [6.07, 6.45) is 0.160. The van der Waals surface area contributed by atoms with Crippen molar-refractivity contribution in [2.24, 2.45) is 0 Å². The number of thioether (sulfide) groups is 1. The van der Waals surface area contributed by atoms with Crippen molar-refractivity contribution in [2.45, 2.75) is 12.3 Å². The molecule has 8 heteroatoms. The van der Waals surface area contributed by atoms with Crippen molar-refractivity contribution in [3.05, 3.63) is 64.4 Å². The van der Waals surface area contributed by atoms with Crippen LogP contribution in [0.2, 0.25) is 0 Å². The van der Waals surface area contributed by atoms with E-state index < -0.39 is 5.92 Å². The second-order valence-corrected chi connectivity index (χ2v) is 7.88. The van der Waals surface area contributed by atoms with E-state index >= 15 is 0 Å². The van der Waals surface area contributed by atoms with E-state index in [9.17, 15) is 14.4 Å². The first-order valence-corrected chi connectivity index (χ1v) is 10.3. The Morgan fingerprint density at radius 2 is 1.93 bits per heavy atom. The van der Waals surface area contributed by atoms with Gasteiger partial charge in [0.1, 0.15) is 17.3 Å². The Morgan fingerprint density at radius 3 is 2.60 bits per heavy atom.